The molecule has 0 aromatic carbocycles. The maximum absolute atomic E-state index is 5.63. The summed E-state index contributed by atoms with van der Waals surface area (Å²) in [4.78, 5) is 5.63. The van der Waals surface area contributed by atoms with Gasteiger partial charge in [0.25, 0.3) is 0 Å². The second-order valence-electron chi connectivity index (χ2n) is 3.81. The Morgan fingerprint density at radius 2 is 2.10 bits per heavy atom. The molecule has 0 amide bonds. The summed E-state index contributed by atoms with van der Waals surface area (Å²) in [7, 11) is 2.16. The highest BCUT2D eigenvalue weighted by molar-refractivity contribution is 4.71. The van der Waals surface area contributed by atoms with Gasteiger partial charge in [-0.25, -0.2) is 4.84 Å². The summed E-state index contributed by atoms with van der Waals surface area (Å²) in [6.45, 7) is 3.44. The van der Waals surface area contributed by atoms with Gasteiger partial charge in [0.15, 0.2) is 13.1 Å². The molecule has 0 bridgehead atoms. The van der Waals surface area contributed by atoms with Gasteiger partial charge in [0, 0.05) is 0 Å². The first-order chi connectivity index (χ1) is 4.79. The van der Waals surface area contributed by atoms with E-state index in [1.54, 1.807) is 0 Å². The van der Waals surface area contributed by atoms with Crippen LogP contribution in [0.4, 0.5) is 0 Å². The maximum Gasteiger partial charge on any atom is 0.161 e. The van der Waals surface area contributed by atoms with Crippen molar-refractivity contribution in [1.82, 2.24) is 0 Å². The lowest BCUT2D eigenvalue weighted by Gasteiger charge is -2.08. The van der Waals surface area contributed by atoms with Crippen molar-refractivity contribution in [3.05, 3.63) is 0 Å². The molecule has 58 valence electrons. The molecule has 10 heavy (non-hydrogen) atoms. The van der Waals surface area contributed by atoms with Crippen LogP contribution in [0.1, 0.15) is 19.3 Å². The monoisotopic (exact) mass is 142 g/mol. The van der Waals surface area contributed by atoms with Crippen LogP contribution >= 0.6 is 0 Å². The predicted molar refractivity (Wildman–Crippen MR) is 39.2 cm³/mol. The fourth-order valence-electron chi connectivity index (χ4n) is 1.12. The van der Waals surface area contributed by atoms with E-state index in [9.17, 15) is 0 Å². The molecular formula is C8H16NO+. The molecule has 0 radical (unpaired) electrons. The Kier molecular flexibility index (Phi) is 1.46. The highest BCUT2D eigenvalue weighted by Crippen LogP contribution is 2.32. The lowest BCUT2D eigenvalue weighted by molar-refractivity contribution is -0.989. The molecule has 0 aromatic heterocycles. The normalized spacial score (nSPS) is 28.5. The zero-order chi connectivity index (χ0) is 7.03. The Labute approximate surface area is 62.3 Å². The number of nitrogens with zero attached hydrogens (tertiary/aromatic N) is 1. The van der Waals surface area contributed by atoms with Crippen molar-refractivity contribution in [1.29, 1.82) is 0 Å². The van der Waals surface area contributed by atoms with Crippen molar-refractivity contribution in [2.45, 2.75) is 19.3 Å². The molecule has 1 heterocycles. The first kappa shape index (κ1) is 6.62. The molecular weight excluding hydrogens is 126 g/mol. The van der Waals surface area contributed by atoms with Gasteiger partial charge in [0.1, 0.15) is 6.61 Å². The van der Waals surface area contributed by atoms with Crippen molar-refractivity contribution in [2.75, 3.05) is 26.7 Å². The Morgan fingerprint density at radius 1 is 1.40 bits per heavy atom. The number of hydrogen-bond donors (Lipinski definition) is 0. The van der Waals surface area contributed by atoms with Crippen molar-refractivity contribution < 1.29 is 9.48 Å². The third-order valence-corrected chi connectivity index (χ3v) is 2.48. The standard InChI is InChI=1S/C8H16NO/c1-9(5-6-9)10-7-4-8-2-3-8/h8H,2-7H2,1H3/q+1. The zero-order valence-electron chi connectivity index (χ0n) is 6.68. The first-order valence-corrected chi connectivity index (χ1v) is 4.28. The van der Waals surface area contributed by atoms with Gasteiger partial charge in [-0.1, -0.05) is 12.8 Å². The lowest BCUT2D eigenvalue weighted by atomic mass is 10.3. The van der Waals surface area contributed by atoms with Gasteiger partial charge in [-0.15, -0.1) is 0 Å². The molecule has 1 aliphatic heterocycles. The molecule has 2 fully saturated rings. The highest BCUT2D eigenvalue weighted by Gasteiger charge is 2.40. The molecule has 2 nitrogen and oxygen atoms in total. The van der Waals surface area contributed by atoms with Crippen LogP contribution in [0.3, 0.4) is 0 Å². The minimum Gasteiger partial charge on any atom is -0.203 e. The number of quaternary nitrogens is 1. The van der Waals surface area contributed by atoms with E-state index in [1.807, 2.05) is 0 Å². The fraction of sp³-hybridized carbons (Fsp3) is 1.00. The van der Waals surface area contributed by atoms with Gasteiger partial charge < -0.3 is 0 Å². The quantitative estimate of drug-likeness (QED) is 0.423. The summed E-state index contributed by atoms with van der Waals surface area (Å²) < 4.78 is 0.882. The number of hydroxylamine groups is 3. The molecule has 0 N–H and O–H groups in total. The zero-order valence-corrected chi connectivity index (χ0v) is 6.68. The molecule has 0 spiro atoms. The Morgan fingerprint density at radius 3 is 2.60 bits per heavy atom. The van der Waals surface area contributed by atoms with E-state index < -0.39 is 0 Å². The van der Waals surface area contributed by atoms with Crippen molar-refractivity contribution >= 4 is 0 Å². The molecule has 0 atom stereocenters. The van der Waals surface area contributed by atoms with Crippen LogP contribution in [0, 0.1) is 5.92 Å². The number of hydrogen-bond acceptors (Lipinski definition) is 1. The third-order valence-electron chi connectivity index (χ3n) is 2.48. The first-order valence-electron chi connectivity index (χ1n) is 4.28. The van der Waals surface area contributed by atoms with E-state index in [1.165, 1.54) is 32.4 Å². The number of likely N-dealkylation sites (N-methyl/N-ethyl adjacent to an activating group) is 1. The minimum atomic E-state index is 0.882. The van der Waals surface area contributed by atoms with E-state index in [0.29, 0.717) is 0 Å². The Bertz CT molecular complexity index is 127. The summed E-state index contributed by atoms with van der Waals surface area (Å²) in [5.74, 6) is 1.02. The van der Waals surface area contributed by atoms with Crippen LogP contribution in [0.15, 0.2) is 0 Å². The van der Waals surface area contributed by atoms with Crippen molar-refractivity contribution in [2.24, 2.45) is 5.92 Å². The van der Waals surface area contributed by atoms with Crippen LogP contribution < -0.4 is 0 Å². The van der Waals surface area contributed by atoms with Gasteiger partial charge in [-0.3, -0.25) is 0 Å². The van der Waals surface area contributed by atoms with Gasteiger partial charge in [0.2, 0.25) is 0 Å². The fourth-order valence-corrected chi connectivity index (χ4v) is 1.12. The van der Waals surface area contributed by atoms with Crippen LogP contribution in [-0.2, 0) is 4.84 Å². The summed E-state index contributed by atoms with van der Waals surface area (Å²) >= 11 is 0. The number of rotatable bonds is 4. The van der Waals surface area contributed by atoms with E-state index in [0.717, 1.165) is 17.2 Å². The maximum atomic E-state index is 5.63. The van der Waals surface area contributed by atoms with Crippen LogP contribution in [0.5, 0.6) is 0 Å². The lowest BCUT2D eigenvalue weighted by Crippen LogP contribution is -2.20. The van der Waals surface area contributed by atoms with E-state index in [4.69, 9.17) is 4.84 Å². The van der Waals surface area contributed by atoms with Crippen LogP contribution in [0.25, 0.3) is 0 Å². The average molecular weight is 142 g/mol. The van der Waals surface area contributed by atoms with Crippen LogP contribution in [0.2, 0.25) is 0 Å². The summed E-state index contributed by atoms with van der Waals surface area (Å²) in [6, 6.07) is 0. The van der Waals surface area contributed by atoms with E-state index >= 15 is 0 Å². The average Bonchev–Trinajstić information content (AvgIpc) is 2.70. The Hall–Kier alpha value is -0.0800. The van der Waals surface area contributed by atoms with Gasteiger partial charge in [-0.2, -0.15) is 4.65 Å². The molecule has 1 saturated carbocycles. The van der Waals surface area contributed by atoms with Gasteiger partial charge in [0.05, 0.1) is 7.05 Å². The molecule has 2 aliphatic rings. The van der Waals surface area contributed by atoms with Crippen molar-refractivity contribution in [3.63, 3.8) is 0 Å². The van der Waals surface area contributed by atoms with E-state index in [2.05, 4.69) is 7.05 Å². The molecule has 0 aromatic rings. The Balaban J connectivity index is 1.54. The summed E-state index contributed by atoms with van der Waals surface area (Å²) in [5, 5.41) is 0. The summed E-state index contributed by atoms with van der Waals surface area (Å²) in [6.07, 6.45) is 4.20. The highest BCUT2D eigenvalue weighted by atomic mass is 16.7. The smallest absolute Gasteiger partial charge is 0.161 e. The molecule has 2 heteroatoms. The van der Waals surface area contributed by atoms with E-state index in [-0.39, 0.29) is 0 Å². The largest absolute Gasteiger partial charge is 0.203 e. The van der Waals surface area contributed by atoms with Crippen LogP contribution in [-0.4, -0.2) is 31.4 Å². The second kappa shape index (κ2) is 2.21. The SMILES string of the molecule is C[N+]1(OCCC2CC2)CC1. The van der Waals surface area contributed by atoms with Gasteiger partial charge >= 0.3 is 0 Å². The molecule has 1 saturated heterocycles. The predicted octanol–water partition coefficient (Wildman–Crippen LogP) is 1.18. The topological polar surface area (TPSA) is 9.23 Å². The minimum absolute atomic E-state index is 0.882. The molecule has 0 unspecified atom stereocenters. The third kappa shape index (κ3) is 1.70. The van der Waals surface area contributed by atoms with Gasteiger partial charge in [-0.05, 0) is 12.3 Å². The molecule has 1 aliphatic carbocycles. The van der Waals surface area contributed by atoms with Crippen molar-refractivity contribution in [3.8, 4) is 0 Å². The molecule has 2 rings (SSSR count). The summed E-state index contributed by atoms with van der Waals surface area (Å²) in [5.41, 5.74) is 0. The second-order valence-corrected chi connectivity index (χ2v) is 3.81.